The zero-order chi connectivity index (χ0) is 14.5. The van der Waals surface area contributed by atoms with E-state index in [1.807, 2.05) is 0 Å². The van der Waals surface area contributed by atoms with Gasteiger partial charge in [0.1, 0.15) is 6.54 Å². The fourth-order valence-corrected chi connectivity index (χ4v) is 3.29. The molecule has 8 nitrogen and oxygen atoms in total. The maximum atomic E-state index is 12.0. The first-order chi connectivity index (χ1) is 8.90. The molecule has 19 heavy (non-hydrogen) atoms. The number of ether oxygens (including phenoxy) is 2. The van der Waals surface area contributed by atoms with E-state index in [0.29, 0.717) is 12.8 Å². The van der Waals surface area contributed by atoms with Crippen molar-refractivity contribution < 1.29 is 27.5 Å². The molecule has 0 aliphatic heterocycles. The minimum atomic E-state index is -4.11. The van der Waals surface area contributed by atoms with Crippen molar-refractivity contribution in [2.24, 2.45) is 0 Å². The van der Waals surface area contributed by atoms with Crippen LogP contribution in [0.25, 0.3) is 0 Å². The Hall–Kier alpha value is -1.35. The van der Waals surface area contributed by atoms with Crippen molar-refractivity contribution in [2.75, 3.05) is 20.8 Å². The molecule has 1 N–H and O–H groups in total. The smallest absolute Gasteiger partial charge is 0.421 e. The molecule has 1 aliphatic rings. The number of rotatable bonds is 5. The zero-order valence-electron chi connectivity index (χ0n) is 10.9. The highest BCUT2D eigenvalue weighted by atomic mass is 32.2. The van der Waals surface area contributed by atoms with E-state index in [1.54, 1.807) is 4.72 Å². The molecule has 0 bridgehead atoms. The van der Waals surface area contributed by atoms with Gasteiger partial charge in [0.05, 0.1) is 14.2 Å². The average molecular weight is 294 g/mol. The largest absolute Gasteiger partial charge is 0.468 e. The number of hydrogen-bond donors (Lipinski definition) is 1. The van der Waals surface area contributed by atoms with Gasteiger partial charge in [-0.25, -0.2) is 9.52 Å². The van der Waals surface area contributed by atoms with Crippen LogP contribution in [0.4, 0.5) is 4.79 Å². The Balaban J connectivity index is 2.87. The normalized spacial score (nSPS) is 16.4. The van der Waals surface area contributed by atoms with E-state index in [1.165, 1.54) is 7.11 Å². The fourth-order valence-electron chi connectivity index (χ4n) is 2.00. The van der Waals surface area contributed by atoms with E-state index in [0.717, 1.165) is 24.3 Å². The predicted octanol–water partition coefficient (Wildman–Crippen LogP) is 0.00480. The number of esters is 1. The van der Waals surface area contributed by atoms with Crippen molar-refractivity contribution in [3.63, 3.8) is 0 Å². The number of hydrogen-bond acceptors (Lipinski definition) is 6. The van der Waals surface area contributed by atoms with Crippen molar-refractivity contribution in [3.8, 4) is 0 Å². The Bertz CT molecular complexity index is 429. The number of nitrogens with one attached hydrogen (secondary N) is 1. The van der Waals surface area contributed by atoms with Crippen LogP contribution in [0.1, 0.15) is 25.7 Å². The molecular formula is C10H18N2O6S. The van der Waals surface area contributed by atoms with E-state index < -0.39 is 28.8 Å². The summed E-state index contributed by atoms with van der Waals surface area (Å²) in [7, 11) is -1.88. The molecule has 1 rings (SSSR count). The van der Waals surface area contributed by atoms with Crippen molar-refractivity contribution in [1.82, 2.24) is 9.03 Å². The molecule has 0 saturated heterocycles. The molecule has 0 aromatic heterocycles. The molecule has 1 saturated carbocycles. The van der Waals surface area contributed by atoms with Crippen LogP contribution < -0.4 is 4.72 Å². The second-order valence-electron chi connectivity index (χ2n) is 4.16. The van der Waals surface area contributed by atoms with Gasteiger partial charge < -0.3 is 9.47 Å². The van der Waals surface area contributed by atoms with Crippen LogP contribution in [-0.2, 0) is 24.5 Å². The van der Waals surface area contributed by atoms with Gasteiger partial charge in [-0.2, -0.15) is 12.7 Å². The standard InChI is InChI=1S/C10H18N2O6S/c1-17-9(13)7-12(8-5-3-4-6-8)19(15,16)11-10(14)18-2/h8H,3-7H2,1-2H3,(H,11,14). The van der Waals surface area contributed by atoms with Gasteiger partial charge in [0, 0.05) is 6.04 Å². The minimum absolute atomic E-state index is 0.304. The van der Waals surface area contributed by atoms with Crippen LogP contribution in [0.2, 0.25) is 0 Å². The van der Waals surface area contributed by atoms with Gasteiger partial charge in [-0.3, -0.25) is 4.79 Å². The molecule has 0 heterocycles. The third-order valence-electron chi connectivity index (χ3n) is 2.95. The number of carbonyl (C=O) groups excluding carboxylic acids is 2. The summed E-state index contributed by atoms with van der Waals surface area (Å²) in [4.78, 5) is 22.4. The number of amides is 1. The molecular weight excluding hydrogens is 276 g/mol. The lowest BCUT2D eigenvalue weighted by Gasteiger charge is -2.26. The summed E-state index contributed by atoms with van der Waals surface area (Å²) in [5, 5.41) is 0. The lowest BCUT2D eigenvalue weighted by atomic mass is 10.2. The lowest BCUT2D eigenvalue weighted by Crippen LogP contribution is -2.49. The summed E-state index contributed by atoms with van der Waals surface area (Å²) in [5.41, 5.74) is 0. The third-order valence-corrected chi connectivity index (χ3v) is 4.42. The second-order valence-corrected chi connectivity index (χ2v) is 5.78. The predicted molar refractivity (Wildman–Crippen MR) is 65.4 cm³/mol. The van der Waals surface area contributed by atoms with Crippen LogP contribution in [0.15, 0.2) is 0 Å². The van der Waals surface area contributed by atoms with Crippen LogP contribution in [0.5, 0.6) is 0 Å². The first-order valence-corrected chi connectivity index (χ1v) is 7.29. The van der Waals surface area contributed by atoms with Crippen LogP contribution in [-0.4, -0.2) is 51.6 Å². The maximum Gasteiger partial charge on any atom is 0.421 e. The Morgan fingerprint density at radius 2 is 1.79 bits per heavy atom. The topological polar surface area (TPSA) is 102 Å². The monoisotopic (exact) mass is 294 g/mol. The fraction of sp³-hybridized carbons (Fsp3) is 0.800. The van der Waals surface area contributed by atoms with Crippen LogP contribution in [0.3, 0.4) is 0 Å². The van der Waals surface area contributed by atoms with Gasteiger partial charge in [-0.15, -0.1) is 0 Å². The van der Waals surface area contributed by atoms with E-state index in [9.17, 15) is 18.0 Å². The van der Waals surface area contributed by atoms with Crippen molar-refractivity contribution in [1.29, 1.82) is 0 Å². The summed E-state index contributed by atoms with van der Waals surface area (Å²) in [5.74, 6) is -0.679. The van der Waals surface area contributed by atoms with Gasteiger partial charge in [0.15, 0.2) is 0 Å². The van der Waals surface area contributed by atoms with Crippen molar-refractivity contribution >= 4 is 22.3 Å². The third kappa shape index (κ3) is 4.35. The van der Waals surface area contributed by atoms with Gasteiger partial charge >= 0.3 is 22.3 Å². The molecule has 0 aromatic carbocycles. The molecule has 110 valence electrons. The van der Waals surface area contributed by atoms with Gasteiger partial charge in [0.2, 0.25) is 0 Å². The second kappa shape index (κ2) is 6.71. The molecule has 1 amide bonds. The Morgan fingerprint density at radius 1 is 1.21 bits per heavy atom. The highest BCUT2D eigenvalue weighted by Gasteiger charge is 2.35. The van der Waals surface area contributed by atoms with Gasteiger partial charge in [0.25, 0.3) is 0 Å². The van der Waals surface area contributed by atoms with Crippen LogP contribution >= 0.6 is 0 Å². The Kier molecular flexibility index (Phi) is 5.55. The zero-order valence-corrected chi connectivity index (χ0v) is 11.7. The number of nitrogens with zero attached hydrogens (tertiary/aromatic N) is 1. The number of carbonyl (C=O) groups is 2. The van der Waals surface area contributed by atoms with Gasteiger partial charge in [-0.1, -0.05) is 12.8 Å². The Morgan fingerprint density at radius 3 is 2.26 bits per heavy atom. The Labute approximate surface area is 112 Å². The van der Waals surface area contributed by atoms with E-state index in [2.05, 4.69) is 9.47 Å². The minimum Gasteiger partial charge on any atom is -0.468 e. The first kappa shape index (κ1) is 15.7. The quantitative estimate of drug-likeness (QED) is 0.716. The maximum absolute atomic E-state index is 12.0. The van der Waals surface area contributed by atoms with Gasteiger partial charge in [-0.05, 0) is 12.8 Å². The molecule has 1 fully saturated rings. The molecule has 0 unspecified atom stereocenters. The first-order valence-electron chi connectivity index (χ1n) is 5.85. The van der Waals surface area contributed by atoms with E-state index in [4.69, 9.17) is 0 Å². The highest BCUT2D eigenvalue weighted by molar-refractivity contribution is 7.87. The number of methoxy groups -OCH3 is 2. The summed E-state index contributed by atoms with van der Waals surface area (Å²) in [6.07, 6.45) is 1.98. The summed E-state index contributed by atoms with van der Waals surface area (Å²) in [6.45, 7) is -0.423. The molecule has 0 spiro atoms. The summed E-state index contributed by atoms with van der Waals surface area (Å²) >= 11 is 0. The van der Waals surface area contributed by atoms with Crippen molar-refractivity contribution in [2.45, 2.75) is 31.7 Å². The van der Waals surface area contributed by atoms with Crippen LogP contribution in [0, 0.1) is 0 Å². The molecule has 0 aromatic rings. The molecule has 1 aliphatic carbocycles. The van der Waals surface area contributed by atoms with Crippen molar-refractivity contribution in [3.05, 3.63) is 0 Å². The van der Waals surface area contributed by atoms with E-state index >= 15 is 0 Å². The molecule has 9 heteroatoms. The van der Waals surface area contributed by atoms with E-state index in [-0.39, 0.29) is 6.04 Å². The molecule has 0 atom stereocenters. The lowest BCUT2D eigenvalue weighted by molar-refractivity contribution is -0.141. The molecule has 0 radical (unpaired) electrons. The summed E-state index contributed by atoms with van der Waals surface area (Å²) in [6, 6.07) is -0.304. The highest BCUT2D eigenvalue weighted by Crippen LogP contribution is 2.25. The average Bonchev–Trinajstić information content (AvgIpc) is 2.88. The summed E-state index contributed by atoms with van der Waals surface area (Å²) < 4.78 is 35.5. The SMILES string of the molecule is COC(=O)CN(C1CCCC1)S(=O)(=O)NC(=O)OC.